The van der Waals surface area contributed by atoms with Crippen LogP contribution >= 0.6 is 12.2 Å². The first-order valence-electron chi connectivity index (χ1n) is 7.04. The number of thiocarbonyl (C=S) groups is 1. The van der Waals surface area contributed by atoms with Gasteiger partial charge < -0.3 is 11.1 Å². The molecule has 2 nitrogen and oxygen atoms in total. The zero-order valence-corrected chi connectivity index (χ0v) is 12.7. The van der Waals surface area contributed by atoms with Crippen molar-refractivity contribution in [2.75, 3.05) is 11.9 Å². The maximum atomic E-state index is 13.0. The molecule has 2 unspecified atom stereocenters. The van der Waals surface area contributed by atoms with E-state index in [1.54, 1.807) is 6.07 Å². The first-order valence-corrected chi connectivity index (χ1v) is 7.45. The summed E-state index contributed by atoms with van der Waals surface area (Å²) in [5, 5.41) is 3.11. The number of rotatable bonds is 4. The lowest BCUT2D eigenvalue weighted by Crippen LogP contribution is -2.20. The lowest BCUT2D eigenvalue weighted by atomic mass is 9.98. The van der Waals surface area contributed by atoms with Gasteiger partial charge in [-0.1, -0.05) is 32.0 Å². The minimum absolute atomic E-state index is 0.128. The third kappa shape index (κ3) is 3.87. The summed E-state index contributed by atoms with van der Waals surface area (Å²) in [5.74, 6) is 1.14. The molecule has 1 aromatic carbocycles. The van der Waals surface area contributed by atoms with Gasteiger partial charge in [0.25, 0.3) is 0 Å². The maximum absolute atomic E-state index is 13.0. The molecule has 116 valence electrons. The van der Waals surface area contributed by atoms with Crippen LogP contribution in [0, 0.1) is 11.8 Å². The van der Waals surface area contributed by atoms with Crippen molar-refractivity contribution >= 4 is 22.9 Å². The topological polar surface area (TPSA) is 38.0 Å². The summed E-state index contributed by atoms with van der Waals surface area (Å²) < 4.78 is 39.1. The first kappa shape index (κ1) is 16.1. The molecule has 0 saturated heterocycles. The Balaban J connectivity index is 2.16. The second-order valence-electron chi connectivity index (χ2n) is 5.67. The van der Waals surface area contributed by atoms with Crippen LogP contribution in [0.2, 0.25) is 0 Å². The van der Waals surface area contributed by atoms with Gasteiger partial charge in [0, 0.05) is 17.8 Å². The Labute approximate surface area is 127 Å². The Morgan fingerprint density at radius 2 is 2.10 bits per heavy atom. The summed E-state index contributed by atoms with van der Waals surface area (Å²) in [6.45, 7) is 2.89. The standard InChI is InChI=1S/C15H19F3N2S/c1-9-3-2-4-10(9)8-20-11-5-6-12(14(19)21)13(7-11)15(16,17)18/h5-7,9-10,20H,2-4,8H2,1H3,(H2,19,21). The van der Waals surface area contributed by atoms with Gasteiger partial charge in [0.05, 0.1) is 5.56 Å². The van der Waals surface area contributed by atoms with Crippen LogP contribution in [-0.4, -0.2) is 11.5 Å². The third-order valence-corrected chi connectivity index (χ3v) is 4.42. The van der Waals surface area contributed by atoms with Crippen molar-refractivity contribution in [1.82, 2.24) is 0 Å². The molecule has 0 amide bonds. The summed E-state index contributed by atoms with van der Waals surface area (Å²) in [4.78, 5) is -0.238. The summed E-state index contributed by atoms with van der Waals surface area (Å²) in [6, 6.07) is 4.03. The number of halogens is 3. The van der Waals surface area contributed by atoms with E-state index in [0.29, 0.717) is 24.1 Å². The highest BCUT2D eigenvalue weighted by molar-refractivity contribution is 7.80. The lowest BCUT2D eigenvalue weighted by molar-refractivity contribution is -0.137. The van der Waals surface area contributed by atoms with Crippen LogP contribution in [0.15, 0.2) is 18.2 Å². The van der Waals surface area contributed by atoms with E-state index in [4.69, 9.17) is 5.73 Å². The van der Waals surface area contributed by atoms with Gasteiger partial charge in [-0.25, -0.2) is 0 Å². The van der Waals surface area contributed by atoms with Crippen LogP contribution in [0.4, 0.5) is 18.9 Å². The van der Waals surface area contributed by atoms with E-state index < -0.39 is 11.7 Å². The molecule has 21 heavy (non-hydrogen) atoms. The molecule has 0 spiro atoms. The normalized spacial score (nSPS) is 22.3. The van der Waals surface area contributed by atoms with E-state index in [1.165, 1.54) is 18.9 Å². The molecule has 0 heterocycles. The van der Waals surface area contributed by atoms with Crippen molar-refractivity contribution in [2.24, 2.45) is 17.6 Å². The predicted molar refractivity (Wildman–Crippen MR) is 82.3 cm³/mol. The van der Waals surface area contributed by atoms with Crippen molar-refractivity contribution < 1.29 is 13.2 Å². The number of hydrogen-bond acceptors (Lipinski definition) is 2. The van der Waals surface area contributed by atoms with Crippen molar-refractivity contribution in [3.05, 3.63) is 29.3 Å². The monoisotopic (exact) mass is 316 g/mol. The summed E-state index contributed by atoms with van der Waals surface area (Å²) in [5.41, 5.74) is 4.92. The van der Waals surface area contributed by atoms with Gasteiger partial charge in [0.2, 0.25) is 0 Å². The fraction of sp³-hybridized carbons (Fsp3) is 0.533. The van der Waals surface area contributed by atoms with E-state index in [2.05, 4.69) is 24.5 Å². The Morgan fingerprint density at radius 3 is 2.62 bits per heavy atom. The summed E-state index contributed by atoms with van der Waals surface area (Å²) in [6.07, 6.45) is -0.940. The molecule has 0 aromatic heterocycles. The number of anilines is 1. The minimum atomic E-state index is -4.46. The molecule has 2 atom stereocenters. The van der Waals surface area contributed by atoms with Crippen LogP contribution in [0.5, 0.6) is 0 Å². The Hall–Kier alpha value is -1.30. The van der Waals surface area contributed by atoms with Crippen LogP contribution < -0.4 is 11.1 Å². The number of hydrogen-bond donors (Lipinski definition) is 2. The van der Waals surface area contributed by atoms with Crippen LogP contribution in [-0.2, 0) is 6.18 Å². The largest absolute Gasteiger partial charge is 0.417 e. The first-order chi connectivity index (χ1) is 9.79. The highest BCUT2D eigenvalue weighted by Crippen LogP contribution is 2.35. The Morgan fingerprint density at radius 1 is 1.38 bits per heavy atom. The van der Waals surface area contributed by atoms with Gasteiger partial charge in [0.1, 0.15) is 4.99 Å². The zero-order chi connectivity index (χ0) is 15.6. The number of nitrogens with two attached hydrogens (primary N) is 1. The Bertz CT molecular complexity index is 528. The molecule has 0 radical (unpaired) electrons. The average molecular weight is 316 g/mol. The summed E-state index contributed by atoms with van der Waals surface area (Å²) in [7, 11) is 0. The molecular weight excluding hydrogens is 297 g/mol. The second-order valence-corrected chi connectivity index (χ2v) is 6.11. The minimum Gasteiger partial charge on any atom is -0.389 e. The zero-order valence-electron chi connectivity index (χ0n) is 11.8. The maximum Gasteiger partial charge on any atom is 0.417 e. The van der Waals surface area contributed by atoms with Crippen molar-refractivity contribution in [2.45, 2.75) is 32.4 Å². The fourth-order valence-corrected chi connectivity index (χ4v) is 3.06. The van der Waals surface area contributed by atoms with Gasteiger partial charge in [-0.2, -0.15) is 13.2 Å². The summed E-state index contributed by atoms with van der Waals surface area (Å²) >= 11 is 4.69. The lowest BCUT2D eigenvalue weighted by Gasteiger charge is -2.18. The fourth-order valence-electron chi connectivity index (χ4n) is 2.88. The van der Waals surface area contributed by atoms with Crippen molar-refractivity contribution in [3.8, 4) is 0 Å². The van der Waals surface area contributed by atoms with Gasteiger partial charge in [-0.05, 0) is 36.5 Å². The molecule has 3 N–H and O–H groups in total. The smallest absolute Gasteiger partial charge is 0.389 e. The molecule has 6 heteroatoms. The molecule has 1 fully saturated rings. The molecule has 2 rings (SSSR count). The quantitative estimate of drug-likeness (QED) is 0.818. The predicted octanol–water partition coefficient (Wildman–Crippen LogP) is 4.19. The number of nitrogens with one attached hydrogen (secondary N) is 1. The molecule has 0 bridgehead atoms. The molecule has 0 aliphatic heterocycles. The van der Waals surface area contributed by atoms with Crippen LogP contribution in [0.3, 0.4) is 0 Å². The van der Waals surface area contributed by atoms with E-state index in [-0.39, 0.29) is 10.6 Å². The SMILES string of the molecule is CC1CCCC1CNc1ccc(C(N)=S)c(C(F)(F)F)c1. The van der Waals surface area contributed by atoms with Crippen LogP contribution in [0.1, 0.15) is 37.3 Å². The third-order valence-electron chi connectivity index (χ3n) is 4.20. The molecule has 1 saturated carbocycles. The second kappa shape index (κ2) is 6.22. The molecule has 1 aliphatic carbocycles. The average Bonchev–Trinajstić information content (AvgIpc) is 2.80. The van der Waals surface area contributed by atoms with E-state index >= 15 is 0 Å². The van der Waals surface area contributed by atoms with Gasteiger partial charge in [0.15, 0.2) is 0 Å². The number of alkyl halides is 3. The van der Waals surface area contributed by atoms with E-state index in [0.717, 1.165) is 12.5 Å². The van der Waals surface area contributed by atoms with Gasteiger partial charge >= 0.3 is 6.18 Å². The van der Waals surface area contributed by atoms with Crippen molar-refractivity contribution in [1.29, 1.82) is 0 Å². The van der Waals surface area contributed by atoms with E-state index in [9.17, 15) is 13.2 Å². The van der Waals surface area contributed by atoms with Crippen molar-refractivity contribution in [3.63, 3.8) is 0 Å². The molecule has 1 aliphatic rings. The molecular formula is C15H19F3N2S. The van der Waals surface area contributed by atoms with E-state index in [1.807, 2.05) is 0 Å². The highest BCUT2D eigenvalue weighted by Gasteiger charge is 2.34. The number of benzene rings is 1. The van der Waals surface area contributed by atoms with Gasteiger partial charge in [-0.15, -0.1) is 0 Å². The Kier molecular flexibility index (Phi) is 4.76. The molecule has 1 aromatic rings. The highest BCUT2D eigenvalue weighted by atomic mass is 32.1. The van der Waals surface area contributed by atoms with Gasteiger partial charge in [-0.3, -0.25) is 0 Å². The van der Waals surface area contributed by atoms with Crippen LogP contribution in [0.25, 0.3) is 0 Å².